The van der Waals surface area contributed by atoms with E-state index in [1.165, 1.54) is 4.31 Å². The monoisotopic (exact) mass is 344 g/mol. The van der Waals surface area contributed by atoms with Crippen molar-refractivity contribution in [2.75, 3.05) is 26.2 Å². The van der Waals surface area contributed by atoms with E-state index >= 15 is 0 Å². The van der Waals surface area contributed by atoms with E-state index in [-0.39, 0.29) is 22.1 Å². The number of benzene rings is 1. The molecule has 2 atom stereocenters. The molecule has 3 rings (SSSR count). The van der Waals surface area contributed by atoms with Crippen LogP contribution >= 0.6 is 11.6 Å². The maximum absolute atomic E-state index is 12.7. The number of piperazine rings is 1. The second-order valence-corrected chi connectivity index (χ2v) is 8.25. The van der Waals surface area contributed by atoms with Gasteiger partial charge < -0.3 is 5.11 Å². The van der Waals surface area contributed by atoms with Gasteiger partial charge in [-0.3, -0.25) is 4.90 Å². The van der Waals surface area contributed by atoms with Crippen molar-refractivity contribution in [3.8, 4) is 0 Å². The third-order valence-electron chi connectivity index (χ3n) is 4.64. The van der Waals surface area contributed by atoms with Crippen molar-refractivity contribution in [2.45, 2.75) is 36.3 Å². The van der Waals surface area contributed by atoms with Crippen molar-refractivity contribution < 1.29 is 13.5 Å². The van der Waals surface area contributed by atoms with E-state index in [9.17, 15) is 13.5 Å². The normalized spacial score (nSPS) is 28.1. The number of halogens is 1. The number of hydrogen-bond acceptors (Lipinski definition) is 4. The quantitative estimate of drug-likeness (QED) is 0.904. The zero-order chi connectivity index (χ0) is 15.7. The zero-order valence-corrected chi connectivity index (χ0v) is 13.9. The third-order valence-corrected chi connectivity index (χ3v) is 7.04. The molecule has 1 aromatic rings. The molecule has 122 valence electrons. The van der Waals surface area contributed by atoms with E-state index in [1.54, 1.807) is 24.3 Å². The van der Waals surface area contributed by atoms with E-state index in [4.69, 9.17) is 11.6 Å². The van der Waals surface area contributed by atoms with Crippen LogP contribution in [0.1, 0.15) is 19.3 Å². The molecule has 0 spiro atoms. The van der Waals surface area contributed by atoms with Crippen LogP contribution in [-0.2, 0) is 10.0 Å². The lowest BCUT2D eigenvalue weighted by molar-refractivity contribution is 0.0512. The molecule has 2 aliphatic rings. The first kappa shape index (κ1) is 16.2. The van der Waals surface area contributed by atoms with Crippen molar-refractivity contribution >= 4 is 21.6 Å². The van der Waals surface area contributed by atoms with Gasteiger partial charge in [0.15, 0.2) is 0 Å². The Morgan fingerprint density at radius 2 is 1.77 bits per heavy atom. The highest BCUT2D eigenvalue weighted by atomic mass is 35.5. The Kier molecular flexibility index (Phi) is 4.75. The Hall–Kier alpha value is -0.660. The van der Waals surface area contributed by atoms with Crippen molar-refractivity contribution in [1.29, 1.82) is 0 Å². The molecule has 0 aromatic heterocycles. The molecule has 1 saturated heterocycles. The number of rotatable bonds is 3. The smallest absolute Gasteiger partial charge is 0.244 e. The summed E-state index contributed by atoms with van der Waals surface area (Å²) in [6.45, 7) is 2.20. The fourth-order valence-corrected chi connectivity index (χ4v) is 5.33. The molecule has 1 saturated carbocycles. The number of nitrogens with zero attached hydrogens (tertiary/aromatic N) is 2. The molecule has 1 N–H and O–H groups in total. The average Bonchev–Trinajstić information content (AvgIpc) is 2.94. The summed E-state index contributed by atoms with van der Waals surface area (Å²) < 4.78 is 26.8. The van der Waals surface area contributed by atoms with Gasteiger partial charge in [-0.1, -0.05) is 23.7 Å². The molecule has 1 unspecified atom stereocenters. The molecule has 1 aliphatic carbocycles. The Morgan fingerprint density at radius 3 is 2.36 bits per heavy atom. The molecule has 22 heavy (non-hydrogen) atoms. The van der Waals surface area contributed by atoms with Crippen LogP contribution < -0.4 is 0 Å². The van der Waals surface area contributed by atoms with Gasteiger partial charge in [0.25, 0.3) is 0 Å². The van der Waals surface area contributed by atoms with Crippen molar-refractivity contribution in [3.63, 3.8) is 0 Å². The maximum atomic E-state index is 12.7. The second-order valence-electron chi connectivity index (χ2n) is 5.94. The van der Waals surface area contributed by atoms with Gasteiger partial charge in [0, 0.05) is 32.2 Å². The van der Waals surface area contributed by atoms with Gasteiger partial charge in [0.1, 0.15) is 4.90 Å². The first-order valence-corrected chi connectivity index (χ1v) is 9.49. The topological polar surface area (TPSA) is 60.9 Å². The van der Waals surface area contributed by atoms with Gasteiger partial charge in [-0.05, 0) is 31.4 Å². The van der Waals surface area contributed by atoms with Gasteiger partial charge in [0.2, 0.25) is 10.0 Å². The summed E-state index contributed by atoms with van der Waals surface area (Å²) in [5.74, 6) is 0. The molecule has 5 nitrogen and oxygen atoms in total. The van der Waals surface area contributed by atoms with E-state index in [0.717, 1.165) is 19.3 Å². The molecule has 1 heterocycles. The minimum Gasteiger partial charge on any atom is -0.391 e. The van der Waals surface area contributed by atoms with Crippen LogP contribution in [-0.4, -0.2) is 61.1 Å². The van der Waals surface area contributed by atoms with E-state index < -0.39 is 10.0 Å². The first-order chi connectivity index (χ1) is 10.5. The van der Waals surface area contributed by atoms with E-state index in [2.05, 4.69) is 4.90 Å². The van der Waals surface area contributed by atoms with Gasteiger partial charge in [-0.2, -0.15) is 4.31 Å². The lowest BCUT2D eigenvalue weighted by Crippen LogP contribution is -2.53. The first-order valence-electron chi connectivity index (χ1n) is 7.67. The molecule has 0 radical (unpaired) electrons. The zero-order valence-electron chi connectivity index (χ0n) is 12.4. The molecule has 2 fully saturated rings. The number of hydrogen-bond donors (Lipinski definition) is 1. The lowest BCUT2D eigenvalue weighted by atomic mass is 10.1. The van der Waals surface area contributed by atoms with Crippen LogP contribution in [0.15, 0.2) is 29.2 Å². The standard InChI is InChI=1S/C15H21ClN2O3S/c16-12-4-1-2-7-15(12)22(20,21)18-10-8-17(9-11-18)13-5-3-6-14(13)19/h1-2,4,7,13-14,19H,3,5-6,8-11H2/t13?,14-/m1/s1. The van der Waals surface area contributed by atoms with Gasteiger partial charge in [0.05, 0.1) is 11.1 Å². The van der Waals surface area contributed by atoms with E-state index in [1.807, 2.05) is 0 Å². The average molecular weight is 345 g/mol. The Bertz CT molecular complexity index is 629. The predicted octanol–water partition coefficient (Wildman–Crippen LogP) is 1.56. The van der Waals surface area contributed by atoms with Crippen LogP contribution in [0.3, 0.4) is 0 Å². The summed E-state index contributed by atoms with van der Waals surface area (Å²) in [7, 11) is -3.54. The summed E-state index contributed by atoms with van der Waals surface area (Å²) in [5.41, 5.74) is 0. The number of aliphatic hydroxyl groups excluding tert-OH is 1. The maximum Gasteiger partial charge on any atom is 0.244 e. The van der Waals surface area contributed by atoms with Gasteiger partial charge in [-0.15, -0.1) is 0 Å². The molecule has 0 bridgehead atoms. The van der Waals surface area contributed by atoms with Crippen molar-refractivity contribution in [1.82, 2.24) is 9.21 Å². The van der Waals surface area contributed by atoms with Gasteiger partial charge >= 0.3 is 0 Å². The van der Waals surface area contributed by atoms with Crippen molar-refractivity contribution in [2.24, 2.45) is 0 Å². The highest BCUT2D eigenvalue weighted by molar-refractivity contribution is 7.89. The fourth-order valence-electron chi connectivity index (χ4n) is 3.42. The highest BCUT2D eigenvalue weighted by Crippen LogP contribution is 2.28. The molecule has 0 amide bonds. The molecule has 1 aliphatic heterocycles. The van der Waals surface area contributed by atoms with Gasteiger partial charge in [-0.25, -0.2) is 8.42 Å². The van der Waals surface area contributed by atoms with Crippen LogP contribution in [0.25, 0.3) is 0 Å². The summed E-state index contributed by atoms with van der Waals surface area (Å²) in [5, 5.41) is 10.3. The summed E-state index contributed by atoms with van der Waals surface area (Å²) in [6, 6.07) is 6.74. The predicted molar refractivity (Wildman–Crippen MR) is 85.4 cm³/mol. The van der Waals surface area contributed by atoms with Crippen LogP contribution in [0, 0.1) is 0 Å². The summed E-state index contributed by atoms with van der Waals surface area (Å²) >= 11 is 6.03. The summed E-state index contributed by atoms with van der Waals surface area (Å²) in [4.78, 5) is 2.39. The highest BCUT2D eigenvalue weighted by Gasteiger charge is 2.35. The number of sulfonamides is 1. The molecular formula is C15H21ClN2O3S. The Morgan fingerprint density at radius 1 is 1.09 bits per heavy atom. The fraction of sp³-hybridized carbons (Fsp3) is 0.600. The molecule has 1 aromatic carbocycles. The minimum atomic E-state index is -3.54. The number of aliphatic hydroxyl groups is 1. The second kappa shape index (κ2) is 6.45. The Balaban J connectivity index is 1.69. The Labute approximate surface area is 136 Å². The molecule has 7 heteroatoms. The van der Waals surface area contributed by atoms with Crippen LogP contribution in [0.5, 0.6) is 0 Å². The van der Waals surface area contributed by atoms with Crippen LogP contribution in [0.4, 0.5) is 0 Å². The van der Waals surface area contributed by atoms with Crippen LogP contribution in [0.2, 0.25) is 5.02 Å². The van der Waals surface area contributed by atoms with Crippen molar-refractivity contribution in [3.05, 3.63) is 29.3 Å². The minimum absolute atomic E-state index is 0.172. The lowest BCUT2D eigenvalue weighted by Gasteiger charge is -2.38. The largest absolute Gasteiger partial charge is 0.391 e. The van der Waals surface area contributed by atoms with E-state index in [0.29, 0.717) is 26.2 Å². The summed E-state index contributed by atoms with van der Waals surface area (Å²) in [6.07, 6.45) is 2.62. The SMILES string of the molecule is O=S(=O)(c1ccccc1Cl)N1CCN(C2CCC[C@H]2O)CC1. The third kappa shape index (κ3) is 3.03. The molecular weight excluding hydrogens is 324 g/mol.